The third-order valence-electron chi connectivity index (χ3n) is 3.76. The first-order valence-electron chi connectivity index (χ1n) is 8.47. The average molecular weight is 419 g/mol. The van der Waals surface area contributed by atoms with E-state index < -0.39 is 0 Å². The van der Waals surface area contributed by atoms with Gasteiger partial charge in [0.25, 0.3) is 0 Å². The number of halogens is 1. The lowest BCUT2D eigenvalue weighted by atomic mass is 10.2. The molecule has 1 amide bonds. The number of benzene rings is 2. The third-order valence-corrected chi connectivity index (χ3v) is 5.77. The Morgan fingerprint density at radius 3 is 2.71 bits per heavy atom. The Balaban J connectivity index is 1.42. The first-order valence-corrected chi connectivity index (χ1v) is 10.3. The van der Waals surface area contributed by atoms with E-state index in [2.05, 4.69) is 20.8 Å². The summed E-state index contributed by atoms with van der Waals surface area (Å²) in [5.41, 5.74) is 1.87. The van der Waals surface area contributed by atoms with Gasteiger partial charge >= 0.3 is 0 Å². The minimum Gasteiger partial charge on any atom is -0.496 e. The molecule has 0 radical (unpaired) electrons. The van der Waals surface area contributed by atoms with Crippen molar-refractivity contribution < 1.29 is 13.9 Å². The predicted octanol–water partition coefficient (Wildman–Crippen LogP) is 3.71. The van der Waals surface area contributed by atoms with Crippen molar-refractivity contribution >= 4 is 34.1 Å². The summed E-state index contributed by atoms with van der Waals surface area (Å²) in [6.07, 6.45) is 0. The van der Waals surface area contributed by atoms with Gasteiger partial charge in [-0.25, -0.2) is 4.39 Å². The van der Waals surface area contributed by atoms with Crippen LogP contribution in [0.3, 0.4) is 0 Å². The van der Waals surface area contributed by atoms with Crippen LogP contribution in [0.2, 0.25) is 0 Å². The van der Waals surface area contributed by atoms with Crippen LogP contribution < -0.4 is 15.4 Å². The SMILES string of the molecule is COc1ccccc1CNC(=O)CSc1nnc(NCc2ccc(F)cc2)s1. The fourth-order valence-corrected chi connectivity index (χ4v) is 3.92. The molecule has 3 aromatic rings. The first-order chi connectivity index (χ1) is 13.6. The van der Waals surface area contributed by atoms with Gasteiger partial charge in [0.05, 0.1) is 12.9 Å². The van der Waals surface area contributed by atoms with Crippen molar-refractivity contribution in [2.24, 2.45) is 0 Å². The van der Waals surface area contributed by atoms with Gasteiger partial charge in [0.2, 0.25) is 11.0 Å². The highest BCUT2D eigenvalue weighted by molar-refractivity contribution is 8.01. The van der Waals surface area contributed by atoms with Gasteiger partial charge in [-0.1, -0.05) is 53.4 Å². The molecule has 0 saturated heterocycles. The molecule has 0 fully saturated rings. The average Bonchev–Trinajstić information content (AvgIpc) is 3.18. The Labute approximate surface area is 170 Å². The highest BCUT2D eigenvalue weighted by Crippen LogP contribution is 2.25. The summed E-state index contributed by atoms with van der Waals surface area (Å²) >= 11 is 2.70. The van der Waals surface area contributed by atoms with Gasteiger partial charge in [0.1, 0.15) is 11.6 Å². The van der Waals surface area contributed by atoms with E-state index in [1.165, 1.54) is 35.2 Å². The van der Waals surface area contributed by atoms with Crippen molar-refractivity contribution in [3.8, 4) is 5.75 Å². The van der Waals surface area contributed by atoms with Gasteiger partial charge < -0.3 is 15.4 Å². The molecule has 1 aromatic heterocycles. The molecule has 0 unspecified atom stereocenters. The van der Waals surface area contributed by atoms with Crippen LogP contribution in [-0.2, 0) is 17.9 Å². The molecule has 2 aromatic carbocycles. The number of nitrogens with zero attached hydrogens (tertiary/aromatic N) is 2. The third kappa shape index (κ3) is 5.93. The molecule has 0 aliphatic rings. The van der Waals surface area contributed by atoms with E-state index in [0.717, 1.165) is 16.9 Å². The normalized spacial score (nSPS) is 10.5. The molecule has 9 heteroatoms. The number of thioether (sulfide) groups is 1. The fraction of sp³-hybridized carbons (Fsp3) is 0.211. The number of hydrogen-bond donors (Lipinski definition) is 2. The Hall–Kier alpha value is -2.65. The van der Waals surface area contributed by atoms with E-state index in [1.54, 1.807) is 19.2 Å². The van der Waals surface area contributed by atoms with E-state index in [-0.39, 0.29) is 17.5 Å². The maximum atomic E-state index is 12.9. The number of nitrogens with one attached hydrogen (secondary N) is 2. The van der Waals surface area contributed by atoms with Gasteiger partial charge in [-0.3, -0.25) is 4.79 Å². The van der Waals surface area contributed by atoms with Crippen LogP contribution in [0.25, 0.3) is 0 Å². The number of ether oxygens (including phenoxy) is 1. The number of carbonyl (C=O) groups excluding carboxylic acids is 1. The minimum absolute atomic E-state index is 0.0908. The second kappa shape index (κ2) is 10.0. The highest BCUT2D eigenvalue weighted by Gasteiger charge is 2.09. The monoisotopic (exact) mass is 418 g/mol. The highest BCUT2D eigenvalue weighted by atomic mass is 32.2. The van der Waals surface area contributed by atoms with E-state index in [4.69, 9.17) is 4.74 Å². The van der Waals surface area contributed by atoms with Crippen molar-refractivity contribution in [2.45, 2.75) is 17.4 Å². The van der Waals surface area contributed by atoms with Crippen LogP contribution in [0.15, 0.2) is 52.9 Å². The first kappa shape index (κ1) is 20.1. The van der Waals surface area contributed by atoms with Crippen LogP contribution in [-0.4, -0.2) is 29.0 Å². The summed E-state index contributed by atoms with van der Waals surface area (Å²) in [4.78, 5) is 12.1. The number of amides is 1. The van der Waals surface area contributed by atoms with E-state index in [0.29, 0.717) is 22.6 Å². The predicted molar refractivity (Wildman–Crippen MR) is 109 cm³/mol. The molecule has 28 heavy (non-hydrogen) atoms. The number of para-hydroxylation sites is 1. The zero-order chi connectivity index (χ0) is 19.8. The Kier molecular flexibility index (Phi) is 7.21. The van der Waals surface area contributed by atoms with Crippen molar-refractivity contribution in [1.82, 2.24) is 15.5 Å². The summed E-state index contributed by atoms with van der Waals surface area (Å²) in [5, 5.41) is 14.8. The van der Waals surface area contributed by atoms with Gasteiger partial charge in [0, 0.05) is 18.7 Å². The Bertz CT molecular complexity index is 918. The molecule has 146 valence electrons. The smallest absolute Gasteiger partial charge is 0.230 e. The molecule has 0 saturated carbocycles. The molecule has 6 nitrogen and oxygen atoms in total. The minimum atomic E-state index is -0.262. The number of methoxy groups -OCH3 is 1. The molecular formula is C19H19FN4O2S2. The molecule has 0 spiro atoms. The fourth-order valence-electron chi connectivity index (χ4n) is 2.34. The maximum absolute atomic E-state index is 12.9. The zero-order valence-electron chi connectivity index (χ0n) is 15.1. The lowest BCUT2D eigenvalue weighted by Crippen LogP contribution is -2.24. The quantitative estimate of drug-likeness (QED) is 0.516. The standard InChI is InChI=1S/C19H19FN4O2S2/c1-26-16-5-3-2-4-14(16)11-21-17(25)12-27-19-24-23-18(28-19)22-10-13-6-8-15(20)9-7-13/h2-9H,10-12H2,1H3,(H,21,25)(H,22,23). The number of carbonyl (C=O) groups is 1. The molecule has 0 aliphatic carbocycles. The molecule has 0 bridgehead atoms. The van der Waals surface area contributed by atoms with Crippen molar-refractivity contribution in [1.29, 1.82) is 0 Å². The molecule has 2 N–H and O–H groups in total. The van der Waals surface area contributed by atoms with Crippen LogP contribution in [0, 0.1) is 5.82 Å². The van der Waals surface area contributed by atoms with E-state index in [9.17, 15) is 9.18 Å². The number of aromatic nitrogens is 2. The summed E-state index contributed by atoms with van der Waals surface area (Å²) in [7, 11) is 1.60. The Morgan fingerprint density at radius 2 is 1.93 bits per heavy atom. The number of rotatable bonds is 9. The molecule has 3 rings (SSSR count). The topological polar surface area (TPSA) is 76.1 Å². The second-order valence-electron chi connectivity index (χ2n) is 5.73. The van der Waals surface area contributed by atoms with Gasteiger partial charge in [-0.2, -0.15) is 0 Å². The van der Waals surface area contributed by atoms with Gasteiger partial charge in [-0.15, -0.1) is 10.2 Å². The summed E-state index contributed by atoms with van der Waals surface area (Å²) in [6.45, 7) is 0.934. The summed E-state index contributed by atoms with van der Waals surface area (Å²) in [6, 6.07) is 13.8. The summed E-state index contributed by atoms with van der Waals surface area (Å²) in [5.74, 6) is 0.646. The lowest BCUT2D eigenvalue weighted by Gasteiger charge is -2.09. The number of anilines is 1. The van der Waals surface area contributed by atoms with Crippen LogP contribution in [0.1, 0.15) is 11.1 Å². The van der Waals surface area contributed by atoms with Crippen molar-refractivity contribution in [3.05, 3.63) is 65.5 Å². The molecule has 1 heterocycles. The zero-order valence-corrected chi connectivity index (χ0v) is 16.8. The van der Waals surface area contributed by atoms with Crippen LogP contribution in [0.5, 0.6) is 5.75 Å². The maximum Gasteiger partial charge on any atom is 0.230 e. The van der Waals surface area contributed by atoms with Crippen molar-refractivity contribution in [3.63, 3.8) is 0 Å². The van der Waals surface area contributed by atoms with Gasteiger partial charge in [0.15, 0.2) is 4.34 Å². The lowest BCUT2D eigenvalue weighted by molar-refractivity contribution is -0.118. The van der Waals surface area contributed by atoms with E-state index >= 15 is 0 Å². The summed E-state index contributed by atoms with van der Waals surface area (Å²) < 4.78 is 18.9. The second-order valence-corrected chi connectivity index (χ2v) is 7.93. The van der Waals surface area contributed by atoms with Gasteiger partial charge in [-0.05, 0) is 23.8 Å². The van der Waals surface area contributed by atoms with Crippen LogP contribution >= 0.6 is 23.1 Å². The Morgan fingerprint density at radius 1 is 1.14 bits per heavy atom. The van der Waals surface area contributed by atoms with Crippen LogP contribution in [0.4, 0.5) is 9.52 Å². The number of hydrogen-bond acceptors (Lipinski definition) is 7. The van der Waals surface area contributed by atoms with Crippen molar-refractivity contribution in [2.75, 3.05) is 18.2 Å². The van der Waals surface area contributed by atoms with E-state index in [1.807, 2.05) is 24.3 Å². The molecular weight excluding hydrogens is 399 g/mol. The largest absolute Gasteiger partial charge is 0.496 e. The molecule has 0 aliphatic heterocycles. The molecule has 0 atom stereocenters.